The molecule has 0 bridgehead atoms. The van der Waals surface area contributed by atoms with Crippen molar-refractivity contribution in [2.75, 3.05) is 6.61 Å². The molecule has 1 N–H and O–H groups in total. The fraction of sp³-hybridized carbons (Fsp3) is 1.00. The molecule has 2 atom stereocenters. The molecule has 0 amide bonds. The first-order valence-electron chi connectivity index (χ1n) is 9.60. The van der Waals surface area contributed by atoms with Gasteiger partial charge in [-0.1, -0.05) is 60.8 Å². The molecule has 0 heterocycles. The Morgan fingerprint density at radius 3 is 1.88 bits per heavy atom. The number of nitro groups is 1. The topological polar surface area (TPSA) is 72.6 Å². The number of nitrogens with zero attached hydrogens (tertiary/aromatic N) is 1. The molecule has 1 fully saturated rings. The molecule has 24 heavy (non-hydrogen) atoms. The lowest BCUT2D eigenvalue weighted by molar-refractivity contribution is -0.539. The van der Waals surface area contributed by atoms with Gasteiger partial charge in [0.15, 0.2) is 0 Å². The lowest BCUT2D eigenvalue weighted by Gasteiger charge is -2.42. The third-order valence-electron chi connectivity index (χ3n) is 6.01. The lowest BCUT2D eigenvalue weighted by atomic mass is 9.83. The van der Waals surface area contributed by atoms with Crippen molar-refractivity contribution in [3.05, 3.63) is 10.1 Å². The van der Waals surface area contributed by atoms with Gasteiger partial charge in [0.05, 0.1) is 0 Å². The summed E-state index contributed by atoms with van der Waals surface area (Å²) in [4.78, 5) is 11.3. The molecule has 0 unspecified atom stereocenters. The maximum absolute atomic E-state index is 11.6. The molecule has 1 aliphatic carbocycles. The maximum Gasteiger partial charge on any atom is 0.260 e. The molecule has 1 aliphatic rings. The zero-order valence-corrected chi connectivity index (χ0v) is 17.3. The Labute approximate surface area is 148 Å². The van der Waals surface area contributed by atoms with Crippen molar-refractivity contribution in [1.29, 1.82) is 0 Å². The minimum Gasteiger partial charge on any atom is -0.409 e. The van der Waals surface area contributed by atoms with Gasteiger partial charge in [0, 0.05) is 4.92 Å². The highest BCUT2D eigenvalue weighted by Crippen LogP contribution is 2.42. The van der Waals surface area contributed by atoms with Gasteiger partial charge in [-0.3, -0.25) is 10.1 Å². The van der Waals surface area contributed by atoms with Crippen LogP contribution >= 0.6 is 0 Å². The highest BCUT2D eigenvalue weighted by molar-refractivity contribution is 6.77. The van der Waals surface area contributed by atoms with E-state index in [4.69, 9.17) is 4.43 Å². The van der Waals surface area contributed by atoms with Gasteiger partial charge in [-0.2, -0.15) is 0 Å². The van der Waals surface area contributed by atoms with Gasteiger partial charge in [-0.25, -0.2) is 0 Å². The van der Waals surface area contributed by atoms with Gasteiger partial charge >= 0.3 is 0 Å². The van der Waals surface area contributed by atoms with Crippen LogP contribution in [0.2, 0.25) is 16.6 Å². The van der Waals surface area contributed by atoms with E-state index in [1.165, 1.54) is 6.42 Å². The van der Waals surface area contributed by atoms with Gasteiger partial charge in [0.1, 0.15) is 12.7 Å². The number of rotatable bonds is 9. The van der Waals surface area contributed by atoms with Gasteiger partial charge < -0.3 is 9.53 Å². The monoisotopic (exact) mass is 359 g/mol. The molecule has 0 saturated heterocycles. The summed E-state index contributed by atoms with van der Waals surface area (Å²) in [6.45, 7) is 13.1. The van der Waals surface area contributed by atoms with Gasteiger partial charge in [-0.15, -0.1) is 0 Å². The lowest BCUT2D eigenvalue weighted by Crippen LogP contribution is -2.52. The highest BCUT2D eigenvalue weighted by Gasteiger charge is 2.47. The molecule has 5 nitrogen and oxygen atoms in total. The SMILES string of the molecule is CC(C)[Si](OC[C@H]([C@H](O)C1CCCCC1)[N+](=O)[O-])(C(C)C)C(C)C. The fourth-order valence-corrected chi connectivity index (χ4v) is 10.3. The Morgan fingerprint density at radius 2 is 1.50 bits per heavy atom. The van der Waals surface area contributed by atoms with E-state index < -0.39 is 20.5 Å². The molecule has 6 heteroatoms. The highest BCUT2D eigenvalue weighted by atomic mass is 28.4. The standard InChI is InChI=1S/C18H37NO4Si/c1-13(2)24(14(3)4,15(5)6)23-12-17(19(21)22)18(20)16-10-8-7-9-11-16/h13-18,20H,7-12H2,1-6H3/t17-,18-/m1/s1. The van der Waals surface area contributed by atoms with Crippen LogP contribution in [-0.2, 0) is 4.43 Å². The van der Waals surface area contributed by atoms with Crippen LogP contribution in [0.15, 0.2) is 0 Å². The molecule has 0 radical (unpaired) electrons. The van der Waals surface area contributed by atoms with Crippen molar-refractivity contribution >= 4 is 8.32 Å². The van der Waals surface area contributed by atoms with Crippen molar-refractivity contribution in [2.45, 2.75) is 102 Å². The number of aliphatic hydroxyl groups is 1. The molecule has 0 aromatic rings. The fourth-order valence-electron chi connectivity index (χ4n) is 4.80. The van der Waals surface area contributed by atoms with Crippen LogP contribution in [-0.4, -0.2) is 37.1 Å². The average Bonchev–Trinajstić information content (AvgIpc) is 2.50. The third kappa shape index (κ3) is 4.79. The van der Waals surface area contributed by atoms with E-state index in [0.717, 1.165) is 25.7 Å². The molecule has 0 aromatic carbocycles. The molecule has 1 saturated carbocycles. The van der Waals surface area contributed by atoms with Crippen molar-refractivity contribution in [2.24, 2.45) is 5.92 Å². The zero-order valence-electron chi connectivity index (χ0n) is 16.3. The summed E-state index contributed by atoms with van der Waals surface area (Å²) in [6.07, 6.45) is 4.20. The quantitative estimate of drug-likeness (QED) is 0.366. The molecule has 0 spiro atoms. The number of aliphatic hydroxyl groups excluding tert-OH is 1. The van der Waals surface area contributed by atoms with E-state index in [1.54, 1.807) is 0 Å². The second-order valence-electron chi connectivity index (χ2n) is 8.37. The third-order valence-corrected chi connectivity index (χ3v) is 12.1. The first-order valence-corrected chi connectivity index (χ1v) is 11.7. The molecular formula is C18H37NO4Si. The van der Waals surface area contributed by atoms with Crippen molar-refractivity contribution in [1.82, 2.24) is 0 Å². The molecule has 1 rings (SSSR count). The van der Waals surface area contributed by atoms with Crippen LogP contribution in [0.25, 0.3) is 0 Å². The van der Waals surface area contributed by atoms with E-state index in [-0.39, 0.29) is 17.4 Å². The molecular weight excluding hydrogens is 322 g/mol. The number of hydrogen-bond donors (Lipinski definition) is 1. The smallest absolute Gasteiger partial charge is 0.260 e. The Kier molecular flexibility index (Phi) is 8.36. The minimum absolute atomic E-state index is 0.0471. The molecule has 142 valence electrons. The van der Waals surface area contributed by atoms with Gasteiger partial charge in [0.25, 0.3) is 6.04 Å². The summed E-state index contributed by atoms with van der Waals surface area (Å²) < 4.78 is 6.39. The second-order valence-corrected chi connectivity index (χ2v) is 13.8. The van der Waals surface area contributed by atoms with Crippen molar-refractivity contribution < 1.29 is 14.5 Å². The Bertz CT molecular complexity index is 373. The van der Waals surface area contributed by atoms with Gasteiger partial charge in [-0.05, 0) is 35.4 Å². The second kappa shape index (κ2) is 9.29. The van der Waals surface area contributed by atoms with Gasteiger partial charge in [0.2, 0.25) is 8.32 Å². The van der Waals surface area contributed by atoms with Crippen LogP contribution in [0.1, 0.15) is 73.6 Å². The Balaban J connectivity index is 2.88. The first kappa shape index (κ1) is 21.6. The van der Waals surface area contributed by atoms with Crippen LogP contribution < -0.4 is 0 Å². The largest absolute Gasteiger partial charge is 0.409 e. The van der Waals surface area contributed by atoms with Crippen LogP contribution in [0.3, 0.4) is 0 Å². The number of hydrogen-bond acceptors (Lipinski definition) is 4. The normalized spacial score (nSPS) is 19.9. The van der Waals surface area contributed by atoms with Crippen LogP contribution in [0, 0.1) is 16.0 Å². The summed E-state index contributed by atoms with van der Waals surface area (Å²) >= 11 is 0. The van der Waals surface area contributed by atoms with Crippen LogP contribution in [0.5, 0.6) is 0 Å². The molecule has 0 aliphatic heterocycles. The van der Waals surface area contributed by atoms with Crippen LogP contribution in [0.4, 0.5) is 0 Å². The van der Waals surface area contributed by atoms with Crippen molar-refractivity contribution in [3.63, 3.8) is 0 Å². The summed E-state index contributed by atoms with van der Waals surface area (Å²) in [7, 11) is -2.15. The Morgan fingerprint density at radius 1 is 1.04 bits per heavy atom. The van der Waals surface area contributed by atoms with Crippen molar-refractivity contribution in [3.8, 4) is 0 Å². The average molecular weight is 360 g/mol. The summed E-state index contributed by atoms with van der Waals surface area (Å²) in [6, 6.07) is -1.00. The first-order chi connectivity index (χ1) is 11.1. The maximum atomic E-state index is 11.6. The summed E-state index contributed by atoms with van der Waals surface area (Å²) in [5, 5.41) is 22.2. The molecule has 0 aromatic heterocycles. The zero-order chi connectivity index (χ0) is 18.5. The van der Waals surface area contributed by atoms with E-state index in [2.05, 4.69) is 41.5 Å². The van der Waals surface area contributed by atoms with E-state index in [0.29, 0.717) is 16.6 Å². The van der Waals surface area contributed by atoms with E-state index in [1.807, 2.05) is 0 Å². The van der Waals surface area contributed by atoms with E-state index >= 15 is 0 Å². The van der Waals surface area contributed by atoms with E-state index in [9.17, 15) is 15.2 Å². The minimum atomic E-state index is -2.15. The predicted octanol–water partition coefficient (Wildman–Crippen LogP) is 4.77. The summed E-state index contributed by atoms with van der Waals surface area (Å²) in [5.74, 6) is 0.0472. The summed E-state index contributed by atoms with van der Waals surface area (Å²) in [5.41, 5.74) is 1.16. The predicted molar refractivity (Wildman–Crippen MR) is 100 cm³/mol. The Hall–Kier alpha value is -0.463.